The van der Waals surface area contributed by atoms with E-state index < -0.39 is 0 Å². The molecular weight excluding hydrogens is 394 g/mol. The smallest absolute Gasteiger partial charge is 0.251 e. The molecule has 5 nitrogen and oxygen atoms in total. The molecule has 0 bridgehead atoms. The lowest BCUT2D eigenvalue weighted by Crippen LogP contribution is -2.32. The molecule has 0 aliphatic rings. The maximum Gasteiger partial charge on any atom is 0.251 e. The van der Waals surface area contributed by atoms with Crippen LogP contribution in [0.25, 0.3) is 11.4 Å². The van der Waals surface area contributed by atoms with Crippen molar-refractivity contribution in [1.29, 1.82) is 0 Å². The molecule has 0 fully saturated rings. The fraction of sp³-hybridized carbons (Fsp3) is 0.250. The largest absolute Gasteiger partial charge is 0.340 e. The van der Waals surface area contributed by atoms with E-state index in [2.05, 4.69) is 31.4 Å². The second-order valence-electron chi connectivity index (χ2n) is 6.52. The average molecular weight is 414 g/mol. The molecule has 3 rings (SSSR count). The zero-order valence-corrected chi connectivity index (χ0v) is 16.4. The molecule has 0 spiro atoms. The Kier molecular flexibility index (Phi) is 5.52. The van der Waals surface area contributed by atoms with E-state index in [1.165, 1.54) is 0 Å². The van der Waals surface area contributed by atoms with Gasteiger partial charge in [0.15, 0.2) is 0 Å². The van der Waals surface area contributed by atoms with Crippen molar-refractivity contribution in [3.05, 3.63) is 70.0 Å². The summed E-state index contributed by atoms with van der Waals surface area (Å²) in [5, 5.41) is 7.06. The Labute approximate surface area is 160 Å². The summed E-state index contributed by atoms with van der Waals surface area (Å²) < 4.78 is 6.42. The number of benzene rings is 2. The molecule has 1 amide bonds. The Balaban J connectivity index is 1.81. The summed E-state index contributed by atoms with van der Waals surface area (Å²) in [5.74, 6) is 0.843. The number of nitrogens with one attached hydrogen (secondary N) is 1. The Bertz CT molecular complexity index is 886. The molecule has 0 aliphatic carbocycles. The van der Waals surface area contributed by atoms with Crippen molar-refractivity contribution in [1.82, 2.24) is 15.5 Å². The van der Waals surface area contributed by atoms with Crippen LogP contribution in [0.2, 0.25) is 0 Å². The van der Waals surface area contributed by atoms with Gasteiger partial charge in [-0.05, 0) is 49.2 Å². The topological polar surface area (TPSA) is 68.0 Å². The second-order valence-corrected chi connectivity index (χ2v) is 7.44. The van der Waals surface area contributed by atoms with Crippen LogP contribution in [-0.2, 0) is 0 Å². The molecule has 134 valence electrons. The number of hydrogen-bond acceptors (Lipinski definition) is 4. The number of carbonyl (C=O) groups excluding carboxylic acids is 1. The number of rotatable bonds is 5. The Morgan fingerprint density at radius 1 is 1.08 bits per heavy atom. The molecule has 1 aromatic heterocycles. The third-order valence-electron chi connectivity index (χ3n) is 4.08. The van der Waals surface area contributed by atoms with Crippen LogP contribution in [0, 0.1) is 12.8 Å². The molecule has 1 heterocycles. The maximum atomic E-state index is 12.6. The SMILES string of the molecule is Cc1ccc(C(=O)N[C@H](c2nc(-c3ccc(Br)cc3)no2)C(C)C)cc1. The average Bonchev–Trinajstić information content (AvgIpc) is 3.10. The van der Waals surface area contributed by atoms with E-state index in [0.29, 0.717) is 17.3 Å². The lowest BCUT2D eigenvalue weighted by Gasteiger charge is -2.18. The first-order chi connectivity index (χ1) is 12.4. The molecule has 0 saturated heterocycles. The Hall–Kier alpha value is -2.47. The number of nitrogens with zero attached hydrogens (tertiary/aromatic N) is 2. The van der Waals surface area contributed by atoms with E-state index in [-0.39, 0.29) is 17.9 Å². The molecule has 0 unspecified atom stereocenters. The van der Waals surface area contributed by atoms with E-state index >= 15 is 0 Å². The van der Waals surface area contributed by atoms with E-state index in [9.17, 15) is 4.79 Å². The summed E-state index contributed by atoms with van der Waals surface area (Å²) in [6.07, 6.45) is 0. The summed E-state index contributed by atoms with van der Waals surface area (Å²) in [6, 6.07) is 14.7. The molecule has 0 aliphatic heterocycles. The van der Waals surface area contributed by atoms with Crippen LogP contribution in [0.3, 0.4) is 0 Å². The molecule has 6 heteroatoms. The van der Waals surface area contributed by atoms with Crippen molar-refractivity contribution < 1.29 is 9.32 Å². The standard InChI is InChI=1S/C20H20BrN3O2/c1-12(2)17(22-19(25)15-6-4-13(3)5-7-15)20-23-18(24-26-20)14-8-10-16(21)11-9-14/h4-12,17H,1-3H3,(H,22,25)/t17-/m0/s1. The van der Waals surface area contributed by atoms with Crippen molar-refractivity contribution in [3.8, 4) is 11.4 Å². The number of aromatic nitrogens is 2. The van der Waals surface area contributed by atoms with Crippen LogP contribution in [-0.4, -0.2) is 16.0 Å². The van der Waals surface area contributed by atoms with Gasteiger partial charge >= 0.3 is 0 Å². The van der Waals surface area contributed by atoms with Gasteiger partial charge in [-0.25, -0.2) is 0 Å². The predicted octanol–water partition coefficient (Wildman–Crippen LogP) is 4.93. The summed E-state index contributed by atoms with van der Waals surface area (Å²) >= 11 is 3.41. The highest BCUT2D eigenvalue weighted by molar-refractivity contribution is 9.10. The molecule has 0 saturated carbocycles. The van der Waals surface area contributed by atoms with Crippen LogP contribution in [0.15, 0.2) is 57.5 Å². The molecule has 26 heavy (non-hydrogen) atoms. The zero-order chi connectivity index (χ0) is 18.7. The second kappa shape index (κ2) is 7.83. The highest BCUT2D eigenvalue weighted by Crippen LogP contribution is 2.25. The van der Waals surface area contributed by atoms with Gasteiger partial charge in [-0.1, -0.05) is 52.6 Å². The summed E-state index contributed by atoms with van der Waals surface area (Å²) in [5.41, 5.74) is 2.57. The zero-order valence-electron chi connectivity index (χ0n) is 14.9. The lowest BCUT2D eigenvalue weighted by molar-refractivity contribution is 0.0914. The molecule has 3 aromatic rings. The van der Waals surface area contributed by atoms with Crippen LogP contribution in [0.5, 0.6) is 0 Å². The minimum absolute atomic E-state index is 0.0996. The van der Waals surface area contributed by atoms with Crippen molar-refractivity contribution in [2.45, 2.75) is 26.8 Å². The number of carbonyl (C=O) groups is 1. The lowest BCUT2D eigenvalue weighted by atomic mass is 10.0. The van der Waals surface area contributed by atoms with Gasteiger partial charge in [0.25, 0.3) is 5.91 Å². The summed E-state index contributed by atoms with van der Waals surface area (Å²) in [4.78, 5) is 17.0. The van der Waals surface area contributed by atoms with Crippen LogP contribution < -0.4 is 5.32 Å². The molecule has 0 radical (unpaired) electrons. The van der Waals surface area contributed by atoms with E-state index in [1.807, 2.05) is 69.3 Å². The van der Waals surface area contributed by atoms with E-state index in [1.54, 1.807) is 0 Å². The maximum absolute atomic E-state index is 12.6. The quantitative estimate of drug-likeness (QED) is 0.643. The minimum Gasteiger partial charge on any atom is -0.340 e. The number of hydrogen-bond donors (Lipinski definition) is 1. The van der Waals surface area contributed by atoms with Gasteiger partial charge in [0.05, 0.1) is 0 Å². The van der Waals surface area contributed by atoms with Crippen LogP contribution >= 0.6 is 15.9 Å². The van der Waals surface area contributed by atoms with Crippen molar-refractivity contribution in [2.75, 3.05) is 0 Å². The molecule has 1 atom stereocenters. The van der Waals surface area contributed by atoms with Gasteiger partial charge in [-0.3, -0.25) is 4.79 Å². The van der Waals surface area contributed by atoms with Crippen molar-refractivity contribution in [2.24, 2.45) is 5.92 Å². The van der Waals surface area contributed by atoms with Crippen molar-refractivity contribution >= 4 is 21.8 Å². The van der Waals surface area contributed by atoms with E-state index in [4.69, 9.17) is 4.52 Å². The monoisotopic (exact) mass is 413 g/mol. The van der Waals surface area contributed by atoms with Gasteiger partial charge in [-0.15, -0.1) is 0 Å². The first-order valence-corrected chi connectivity index (χ1v) is 9.20. The first kappa shape index (κ1) is 18.3. The number of aryl methyl sites for hydroxylation is 1. The fourth-order valence-corrected chi connectivity index (χ4v) is 2.79. The molecular formula is C20H20BrN3O2. The Morgan fingerprint density at radius 3 is 2.35 bits per heavy atom. The van der Waals surface area contributed by atoms with Gasteiger partial charge in [0.2, 0.25) is 11.7 Å². The fourth-order valence-electron chi connectivity index (χ4n) is 2.52. The van der Waals surface area contributed by atoms with E-state index in [0.717, 1.165) is 15.6 Å². The van der Waals surface area contributed by atoms with Crippen molar-refractivity contribution in [3.63, 3.8) is 0 Å². The normalized spacial score (nSPS) is 12.2. The minimum atomic E-state index is -0.361. The highest BCUT2D eigenvalue weighted by atomic mass is 79.9. The highest BCUT2D eigenvalue weighted by Gasteiger charge is 2.25. The van der Waals surface area contributed by atoms with Gasteiger partial charge < -0.3 is 9.84 Å². The molecule has 1 N–H and O–H groups in total. The third-order valence-corrected chi connectivity index (χ3v) is 4.61. The summed E-state index contributed by atoms with van der Waals surface area (Å²) in [6.45, 7) is 5.99. The first-order valence-electron chi connectivity index (χ1n) is 8.41. The predicted molar refractivity (Wildman–Crippen MR) is 104 cm³/mol. The summed E-state index contributed by atoms with van der Waals surface area (Å²) in [7, 11) is 0. The number of halogens is 1. The van der Waals surface area contributed by atoms with Gasteiger partial charge in [0.1, 0.15) is 6.04 Å². The van der Waals surface area contributed by atoms with Crippen LogP contribution in [0.4, 0.5) is 0 Å². The molecule has 2 aromatic carbocycles. The number of amides is 1. The Morgan fingerprint density at radius 2 is 1.73 bits per heavy atom. The van der Waals surface area contributed by atoms with Gasteiger partial charge in [0, 0.05) is 15.6 Å². The van der Waals surface area contributed by atoms with Gasteiger partial charge in [-0.2, -0.15) is 4.98 Å². The third kappa shape index (κ3) is 4.19. The van der Waals surface area contributed by atoms with Crippen LogP contribution in [0.1, 0.15) is 41.7 Å².